The number of hydrogen-bond acceptors (Lipinski definition) is 14. The number of benzene rings is 6. The number of aromatic nitrogens is 2. The van der Waals surface area contributed by atoms with Gasteiger partial charge in [0.2, 0.25) is 0 Å². The van der Waals surface area contributed by atoms with Crippen molar-refractivity contribution in [2.24, 2.45) is 0 Å². The molecular formula is C54H49B3BrCl2N6O8. The SMILES string of the molecule is COc1cc2c(Nc3ccc(Oc4ccccc4OC)cc3)c(C#N)cnc2cc1O.COc1cc2c(Nc3ccc(Oc4ccccc4OC)cc3)c(C#N)cnc2cc1OCCCCl.ClCCCBr.[B][B][B]. The summed E-state index contributed by atoms with van der Waals surface area (Å²) in [7, 11) is 16.2. The van der Waals surface area contributed by atoms with Crippen LogP contribution in [0.25, 0.3) is 21.8 Å². The number of halogens is 3. The van der Waals surface area contributed by atoms with Gasteiger partial charge < -0.3 is 48.9 Å². The summed E-state index contributed by atoms with van der Waals surface area (Å²) in [5, 5.41) is 38.3. The highest BCUT2D eigenvalue weighted by Gasteiger charge is 2.17. The number of phenols is 1. The zero-order chi connectivity index (χ0) is 53.2. The van der Waals surface area contributed by atoms with Crippen molar-refractivity contribution in [3.8, 4) is 69.6 Å². The van der Waals surface area contributed by atoms with Gasteiger partial charge in [-0.25, -0.2) is 0 Å². The summed E-state index contributed by atoms with van der Waals surface area (Å²) < 4.78 is 39.1. The molecule has 0 atom stereocenters. The Morgan fingerprint density at radius 1 is 0.581 bits per heavy atom. The van der Waals surface area contributed by atoms with Crippen LogP contribution in [0, 0.1) is 22.7 Å². The third-order valence-corrected chi connectivity index (χ3v) is 11.3. The largest absolute Gasteiger partial charge is 0.504 e. The van der Waals surface area contributed by atoms with E-state index in [4.69, 9.17) is 56.4 Å². The number of ether oxygens (including phenoxy) is 7. The lowest BCUT2D eigenvalue weighted by atomic mass is 9.40. The summed E-state index contributed by atoms with van der Waals surface area (Å²) in [6.45, 7) is 0.468. The molecule has 2 aromatic heterocycles. The van der Waals surface area contributed by atoms with E-state index in [-0.39, 0.29) is 5.75 Å². The van der Waals surface area contributed by atoms with Crippen molar-refractivity contribution < 1.29 is 38.3 Å². The molecule has 0 fully saturated rings. The third kappa shape index (κ3) is 15.9. The number of methoxy groups -OCH3 is 4. The van der Waals surface area contributed by atoms with Gasteiger partial charge in [-0.2, -0.15) is 10.5 Å². The first kappa shape index (κ1) is 57.3. The van der Waals surface area contributed by atoms with Gasteiger partial charge in [0.1, 0.15) is 23.6 Å². The molecule has 0 aliphatic carbocycles. The Kier molecular flexibility index (Phi) is 23.5. The molecule has 0 aliphatic rings. The molecule has 8 rings (SSSR count). The standard InChI is InChI=1S/C27H24ClN3O4.C24H19N3O4.C3H6BrCl.B3/c1-32-23-6-3-4-7-24(23)35-20-10-8-19(9-11-20)31-27-18(16-29)17-30-22-15-26(34-13-5-12-28)25(33-2)14-21(22)27;1-29-21-5-3-4-6-22(21)31-17-9-7-16(8-10-17)27-24-15(13-25)14-26-19-12-20(28)23(30-2)11-18(19)24;4-2-1-3-5;1-3-2/h3-4,6-11,14-15,17H,5,12-13H2,1-2H3,(H,30,31);3-12,14,28H,1-2H3,(H,26,27);1-3H2;. The molecule has 0 unspecified atom stereocenters. The van der Waals surface area contributed by atoms with E-state index >= 15 is 0 Å². The molecule has 6 aromatic carbocycles. The number of hydrogen-bond donors (Lipinski definition) is 3. The van der Waals surface area contributed by atoms with E-state index in [1.54, 1.807) is 39.7 Å². The fourth-order valence-corrected chi connectivity index (χ4v) is 7.58. The van der Waals surface area contributed by atoms with E-state index in [1.165, 1.54) is 19.4 Å². The Balaban J connectivity index is 0.000000241. The molecule has 2 heterocycles. The average Bonchev–Trinajstić information content (AvgIpc) is 3.43. The Labute approximate surface area is 452 Å². The lowest BCUT2D eigenvalue weighted by Gasteiger charge is -2.15. The zero-order valence-electron chi connectivity index (χ0n) is 40.9. The fourth-order valence-electron chi connectivity index (χ4n) is 6.73. The lowest BCUT2D eigenvalue weighted by molar-refractivity contribution is 0.295. The second kappa shape index (κ2) is 30.4. The maximum absolute atomic E-state index is 10.0. The normalized spacial score (nSPS) is 10.0. The number of anilines is 4. The van der Waals surface area contributed by atoms with Crippen molar-refractivity contribution >= 4 is 106 Å². The second-order valence-electron chi connectivity index (χ2n) is 15.0. The summed E-state index contributed by atoms with van der Waals surface area (Å²) in [5.41, 5.74) is 4.72. The van der Waals surface area contributed by atoms with Crippen molar-refractivity contribution in [1.82, 2.24) is 9.97 Å². The molecule has 74 heavy (non-hydrogen) atoms. The van der Waals surface area contributed by atoms with Crippen LogP contribution in [-0.4, -0.2) is 89.7 Å². The highest BCUT2D eigenvalue weighted by Crippen LogP contribution is 2.40. The molecular weight excluding hydrogens is 1040 g/mol. The molecule has 8 aromatic rings. The number of nitriles is 2. The number of nitrogens with zero attached hydrogens (tertiary/aromatic N) is 4. The van der Waals surface area contributed by atoms with Gasteiger partial charge in [-0.05, 0) is 97.8 Å². The van der Waals surface area contributed by atoms with Gasteiger partial charge >= 0.3 is 0 Å². The van der Waals surface area contributed by atoms with Gasteiger partial charge in [-0.1, -0.05) is 40.2 Å². The van der Waals surface area contributed by atoms with Crippen molar-refractivity contribution in [2.75, 3.05) is 62.8 Å². The number of para-hydroxylation sites is 4. The smallest absolute Gasteiger partial charge is 0.169 e. The summed E-state index contributed by atoms with van der Waals surface area (Å²) >= 11 is 14.3. The van der Waals surface area contributed by atoms with Crippen LogP contribution in [0.3, 0.4) is 0 Å². The Morgan fingerprint density at radius 3 is 1.39 bits per heavy atom. The zero-order valence-corrected chi connectivity index (χ0v) is 44.0. The first-order valence-corrected chi connectivity index (χ1v) is 24.7. The minimum absolute atomic E-state index is 0.0176. The Morgan fingerprint density at radius 2 is 1.00 bits per heavy atom. The second-order valence-corrected chi connectivity index (χ2v) is 16.5. The van der Waals surface area contributed by atoms with Crippen molar-refractivity contribution in [2.45, 2.75) is 12.8 Å². The summed E-state index contributed by atoms with van der Waals surface area (Å²) in [6, 6.07) is 40.7. The number of aromatic hydroxyl groups is 1. The minimum atomic E-state index is -0.0176. The maximum Gasteiger partial charge on any atom is 0.169 e. The van der Waals surface area contributed by atoms with Crippen molar-refractivity contribution in [3.05, 3.63) is 145 Å². The Bertz CT molecular complexity index is 3150. The molecule has 0 saturated carbocycles. The number of phenolic OH excluding ortho intramolecular Hbond substituents is 1. The maximum atomic E-state index is 10.0. The first-order valence-electron chi connectivity index (χ1n) is 22.5. The predicted octanol–water partition coefficient (Wildman–Crippen LogP) is 12.9. The number of nitrogens with one attached hydrogen (secondary N) is 2. The first-order chi connectivity index (χ1) is 36.1. The molecule has 373 valence electrons. The van der Waals surface area contributed by atoms with E-state index in [2.05, 4.69) is 64.1 Å². The number of pyridine rings is 2. The van der Waals surface area contributed by atoms with Crippen LogP contribution in [0.4, 0.5) is 22.7 Å². The fraction of sp³-hybridized carbons (Fsp3) is 0.185. The van der Waals surface area contributed by atoms with E-state index in [0.717, 1.165) is 41.5 Å². The molecule has 0 saturated heterocycles. The van der Waals surface area contributed by atoms with E-state index in [9.17, 15) is 15.6 Å². The summed E-state index contributed by atoms with van der Waals surface area (Å²) in [4.78, 5) is 8.70. The molecule has 20 heteroatoms. The molecule has 0 aliphatic heterocycles. The summed E-state index contributed by atoms with van der Waals surface area (Å²) in [5.74, 6) is 6.51. The van der Waals surface area contributed by atoms with E-state index < -0.39 is 0 Å². The highest BCUT2D eigenvalue weighted by atomic mass is 79.9. The quantitative estimate of drug-likeness (QED) is 0.0419. The van der Waals surface area contributed by atoms with E-state index in [0.29, 0.717) is 110 Å². The monoisotopic (exact) mass is 1090 g/mol. The van der Waals surface area contributed by atoms with Crippen molar-refractivity contribution in [1.29, 1.82) is 10.5 Å². The molecule has 0 bridgehead atoms. The van der Waals surface area contributed by atoms with Crippen LogP contribution in [0.15, 0.2) is 134 Å². The highest BCUT2D eigenvalue weighted by molar-refractivity contribution is 9.09. The van der Waals surface area contributed by atoms with Gasteiger partial charge in [-0.15, -0.1) is 23.2 Å². The third-order valence-electron chi connectivity index (χ3n) is 10.2. The number of rotatable bonds is 18. The molecule has 0 spiro atoms. The van der Waals surface area contributed by atoms with Crippen LogP contribution in [0.5, 0.6) is 57.5 Å². The van der Waals surface area contributed by atoms with Gasteiger partial charge in [0.15, 0.2) is 46.0 Å². The molecule has 3 N–H and O–H groups in total. The number of alkyl halides is 3. The Hall–Kier alpha value is -7.63. The molecule has 5 radical (unpaired) electrons. The van der Waals surface area contributed by atoms with E-state index in [1.807, 2.05) is 103 Å². The van der Waals surface area contributed by atoms with Gasteiger partial charge in [0.05, 0.1) is 68.6 Å². The van der Waals surface area contributed by atoms with Gasteiger partial charge in [0.25, 0.3) is 0 Å². The predicted molar refractivity (Wildman–Crippen MR) is 300 cm³/mol. The number of fused-ring (bicyclic) bond motifs is 2. The van der Waals surface area contributed by atoms with Gasteiger partial charge in [-0.3, -0.25) is 9.97 Å². The van der Waals surface area contributed by atoms with Crippen LogP contribution in [0.2, 0.25) is 0 Å². The topological polar surface area (TPSA) is 182 Å². The molecule has 0 amide bonds. The van der Waals surface area contributed by atoms with Gasteiger partial charge in [0, 0.05) is 86.3 Å². The minimum Gasteiger partial charge on any atom is -0.504 e. The lowest BCUT2D eigenvalue weighted by Crippen LogP contribution is -2.02. The van der Waals surface area contributed by atoms with Crippen LogP contribution in [-0.2, 0) is 0 Å². The summed E-state index contributed by atoms with van der Waals surface area (Å²) in [6.07, 6.45) is 4.79. The van der Waals surface area contributed by atoms with Crippen molar-refractivity contribution in [3.63, 3.8) is 0 Å². The molecule has 14 nitrogen and oxygen atoms in total. The van der Waals surface area contributed by atoms with Crippen LogP contribution < -0.4 is 43.8 Å². The average molecular weight is 1090 g/mol. The van der Waals surface area contributed by atoms with Crippen LogP contribution in [0.1, 0.15) is 24.0 Å². The van der Waals surface area contributed by atoms with Crippen LogP contribution >= 0.6 is 39.1 Å².